The summed E-state index contributed by atoms with van der Waals surface area (Å²) in [5, 5.41) is 5.76. The van der Waals surface area contributed by atoms with Crippen molar-refractivity contribution in [1.29, 1.82) is 0 Å². The highest BCUT2D eigenvalue weighted by atomic mass is 32.2. The Morgan fingerprint density at radius 2 is 1.90 bits per heavy atom. The van der Waals surface area contributed by atoms with Crippen molar-refractivity contribution in [3.63, 3.8) is 0 Å². The van der Waals surface area contributed by atoms with Crippen LogP contribution < -0.4 is 10.6 Å². The van der Waals surface area contributed by atoms with Crippen LogP contribution in [0.25, 0.3) is 16.5 Å². The summed E-state index contributed by atoms with van der Waals surface area (Å²) >= 11 is 8.28. The van der Waals surface area contributed by atoms with Crippen molar-refractivity contribution in [2.75, 3.05) is 6.26 Å². The minimum absolute atomic E-state index is 0.181. The van der Waals surface area contributed by atoms with Gasteiger partial charge in [-0.05, 0) is 54.4 Å². The third-order valence-corrected chi connectivity index (χ3v) is 5.04. The van der Waals surface area contributed by atoms with Crippen molar-refractivity contribution in [1.82, 2.24) is 10.6 Å². The Labute approximate surface area is 136 Å². The molecule has 2 N–H and O–H groups in total. The van der Waals surface area contributed by atoms with Crippen LogP contribution in [0, 0.1) is 0 Å². The molecule has 0 aliphatic carbocycles. The molecule has 0 bridgehead atoms. The van der Waals surface area contributed by atoms with Crippen LogP contribution in [0.1, 0.15) is 4.88 Å². The molecule has 1 amide bonds. The van der Waals surface area contributed by atoms with Gasteiger partial charge in [0, 0.05) is 14.6 Å². The first-order valence-electron chi connectivity index (χ1n) is 6.24. The summed E-state index contributed by atoms with van der Waals surface area (Å²) in [6.45, 7) is 0. The second-order valence-electron chi connectivity index (χ2n) is 4.40. The molecule has 1 aliphatic heterocycles. The highest BCUT2D eigenvalue weighted by Gasteiger charge is 2.20. The zero-order valence-corrected chi connectivity index (χ0v) is 13.6. The van der Waals surface area contributed by atoms with Gasteiger partial charge in [0.15, 0.2) is 5.11 Å². The SMILES string of the molecule is CSc1ccc(-c2ccc(C=C3NC(=S)NC3=O)s2)cc1. The summed E-state index contributed by atoms with van der Waals surface area (Å²) in [6.07, 6.45) is 3.88. The first-order valence-corrected chi connectivity index (χ1v) is 8.69. The van der Waals surface area contributed by atoms with Crippen molar-refractivity contribution >= 4 is 52.4 Å². The summed E-state index contributed by atoms with van der Waals surface area (Å²) in [5.41, 5.74) is 1.67. The molecule has 2 heterocycles. The standard InChI is InChI=1S/C15H12N2OS3/c1-20-10-4-2-9(3-5-10)13-7-6-11(21-13)8-12-14(18)17-15(19)16-12/h2-8H,1H3,(H2,16,17,18,19). The smallest absolute Gasteiger partial charge is 0.273 e. The number of thioether (sulfide) groups is 1. The van der Waals surface area contributed by atoms with Gasteiger partial charge in [0.1, 0.15) is 5.70 Å². The molecule has 106 valence electrons. The molecular formula is C15H12N2OS3. The van der Waals surface area contributed by atoms with E-state index in [0.717, 1.165) is 4.88 Å². The van der Waals surface area contributed by atoms with Crippen LogP contribution in [0.3, 0.4) is 0 Å². The van der Waals surface area contributed by atoms with Gasteiger partial charge >= 0.3 is 0 Å². The molecule has 21 heavy (non-hydrogen) atoms. The number of hydrogen-bond acceptors (Lipinski definition) is 4. The molecule has 1 aromatic carbocycles. The van der Waals surface area contributed by atoms with Gasteiger partial charge in [0.2, 0.25) is 0 Å². The van der Waals surface area contributed by atoms with Gasteiger partial charge in [-0.1, -0.05) is 12.1 Å². The number of carbonyl (C=O) groups is 1. The van der Waals surface area contributed by atoms with Crippen LogP contribution in [0.2, 0.25) is 0 Å². The fourth-order valence-electron chi connectivity index (χ4n) is 1.97. The molecular weight excluding hydrogens is 320 g/mol. The van der Waals surface area contributed by atoms with Crippen molar-refractivity contribution in [3.8, 4) is 10.4 Å². The molecule has 2 aromatic rings. The molecule has 1 saturated heterocycles. The maximum atomic E-state index is 11.6. The van der Waals surface area contributed by atoms with Crippen LogP contribution in [0.4, 0.5) is 0 Å². The summed E-state index contributed by atoms with van der Waals surface area (Å²) in [5.74, 6) is -0.181. The third-order valence-electron chi connectivity index (χ3n) is 3.01. The zero-order chi connectivity index (χ0) is 14.8. The fourth-order valence-corrected chi connectivity index (χ4v) is 3.53. The maximum absolute atomic E-state index is 11.6. The fraction of sp³-hybridized carbons (Fsp3) is 0.0667. The van der Waals surface area contributed by atoms with E-state index in [9.17, 15) is 4.79 Å². The van der Waals surface area contributed by atoms with Crippen LogP contribution in [-0.4, -0.2) is 17.3 Å². The molecule has 1 aliphatic rings. The largest absolute Gasteiger partial charge is 0.328 e. The van der Waals surface area contributed by atoms with E-state index in [1.165, 1.54) is 15.3 Å². The van der Waals surface area contributed by atoms with Crippen LogP contribution >= 0.6 is 35.3 Å². The minimum Gasteiger partial charge on any atom is -0.328 e. The lowest BCUT2D eigenvalue weighted by Crippen LogP contribution is -2.21. The number of carbonyl (C=O) groups excluding carboxylic acids is 1. The zero-order valence-electron chi connectivity index (χ0n) is 11.2. The molecule has 0 unspecified atom stereocenters. The van der Waals surface area contributed by atoms with E-state index in [-0.39, 0.29) is 5.91 Å². The monoisotopic (exact) mass is 332 g/mol. The Morgan fingerprint density at radius 1 is 1.14 bits per heavy atom. The van der Waals surface area contributed by atoms with Gasteiger partial charge in [-0.3, -0.25) is 10.1 Å². The lowest BCUT2D eigenvalue weighted by atomic mass is 10.2. The number of thiophene rings is 1. The van der Waals surface area contributed by atoms with Gasteiger partial charge in [-0.25, -0.2) is 0 Å². The minimum atomic E-state index is -0.181. The van der Waals surface area contributed by atoms with Crippen molar-refractivity contribution < 1.29 is 4.79 Å². The molecule has 3 rings (SSSR count). The van der Waals surface area contributed by atoms with Gasteiger partial charge in [0.05, 0.1) is 0 Å². The third kappa shape index (κ3) is 3.18. The quantitative estimate of drug-likeness (QED) is 0.513. The van der Waals surface area contributed by atoms with Gasteiger partial charge in [-0.2, -0.15) is 0 Å². The van der Waals surface area contributed by atoms with E-state index in [4.69, 9.17) is 12.2 Å². The normalized spacial score (nSPS) is 16.1. The van der Waals surface area contributed by atoms with Gasteiger partial charge < -0.3 is 5.32 Å². The van der Waals surface area contributed by atoms with E-state index >= 15 is 0 Å². The van der Waals surface area contributed by atoms with Gasteiger partial charge in [-0.15, -0.1) is 23.1 Å². The second-order valence-corrected chi connectivity index (χ2v) is 6.80. The van der Waals surface area contributed by atoms with Crippen LogP contribution in [-0.2, 0) is 4.79 Å². The van der Waals surface area contributed by atoms with Crippen LogP contribution in [0.15, 0.2) is 47.0 Å². The lowest BCUT2D eigenvalue weighted by Gasteiger charge is -1.99. The highest BCUT2D eigenvalue weighted by Crippen LogP contribution is 2.30. The molecule has 0 saturated carbocycles. The van der Waals surface area contributed by atoms with E-state index in [0.29, 0.717) is 10.8 Å². The van der Waals surface area contributed by atoms with E-state index in [2.05, 4.69) is 47.2 Å². The first kappa shape index (κ1) is 14.3. The number of nitrogens with one attached hydrogen (secondary N) is 2. The van der Waals surface area contributed by atoms with E-state index in [1.807, 2.05) is 12.1 Å². The van der Waals surface area contributed by atoms with Crippen LogP contribution in [0.5, 0.6) is 0 Å². The van der Waals surface area contributed by atoms with Crippen molar-refractivity contribution in [2.24, 2.45) is 0 Å². The molecule has 0 spiro atoms. The number of hydrogen-bond donors (Lipinski definition) is 2. The topological polar surface area (TPSA) is 41.1 Å². The molecule has 3 nitrogen and oxygen atoms in total. The molecule has 1 aromatic heterocycles. The molecule has 6 heteroatoms. The Kier molecular flexibility index (Phi) is 4.10. The van der Waals surface area contributed by atoms with E-state index in [1.54, 1.807) is 23.1 Å². The molecule has 0 radical (unpaired) electrons. The molecule has 1 fully saturated rings. The average molecular weight is 332 g/mol. The number of benzene rings is 1. The molecule has 0 atom stereocenters. The summed E-state index contributed by atoms with van der Waals surface area (Å²) < 4.78 is 0. The number of rotatable bonds is 3. The summed E-state index contributed by atoms with van der Waals surface area (Å²) in [4.78, 5) is 15.0. The maximum Gasteiger partial charge on any atom is 0.273 e. The lowest BCUT2D eigenvalue weighted by molar-refractivity contribution is -0.115. The second kappa shape index (κ2) is 6.01. The highest BCUT2D eigenvalue weighted by molar-refractivity contribution is 7.98. The number of amides is 1. The Hall–Kier alpha value is -1.63. The van der Waals surface area contributed by atoms with Crippen molar-refractivity contribution in [3.05, 3.63) is 47.0 Å². The van der Waals surface area contributed by atoms with Gasteiger partial charge in [0.25, 0.3) is 5.91 Å². The summed E-state index contributed by atoms with van der Waals surface area (Å²) in [7, 11) is 0. The number of thiocarbonyl (C=S) groups is 1. The predicted octanol–water partition coefficient (Wildman–Crippen LogP) is 3.48. The predicted molar refractivity (Wildman–Crippen MR) is 93.4 cm³/mol. The average Bonchev–Trinajstić information content (AvgIpc) is 3.07. The Balaban J connectivity index is 1.84. The summed E-state index contributed by atoms with van der Waals surface area (Å²) in [6, 6.07) is 12.5. The Bertz CT molecular complexity index is 732. The first-order chi connectivity index (χ1) is 10.2. The van der Waals surface area contributed by atoms with Crippen molar-refractivity contribution in [2.45, 2.75) is 4.90 Å². The van der Waals surface area contributed by atoms with E-state index < -0.39 is 0 Å². The Morgan fingerprint density at radius 3 is 2.52 bits per heavy atom.